The largest absolute Gasteiger partial charge is 0.454 e. The van der Waals surface area contributed by atoms with Crippen LogP contribution >= 0.6 is 11.3 Å². The summed E-state index contributed by atoms with van der Waals surface area (Å²) in [5.74, 6) is -1.38. The van der Waals surface area contributed by atoms with Gasteiger partial charge in [0.25, 0.3) is 10.0 Å². The number of nitrogens with zero attached hydrogens (tertiary/aromatic N) is 2. The lowest BCUT2D eigenvalue weighted by Gasteiger charge is -2.30. The average molecular weight is 437 g/mol. The first-order chi connectivity index (χ1) is 13.9. The predicted molar refractivity (Wildman–Crippen MR) is 106 cm³/mol. The lowest BCUT2D eigenvalue weighted by Crippen LogP contribution is -2.36. The van der Waals surface area contributed by atoms with Gasteiger partial charge in [-0.25, -0.2) is 22.2 Å². The molecular weight excluding hydrogens is 420 g/mol. The van der Waals surface area contributed by atoms with E-state index in [9.17, 15) is 17.2 Å². The number of anilines is 1. The highest BCUT2D eigenvalue weighted by Crippen LogP contribution is 2.29. The molecule has 2 aromatic carbocycles. The van der Waals surface area contributed by atoms with Crippen LogP contribution in [0.5, 0.6) is 11.5 Å². The van der Waals surface area contributed by atoms with Crippen molar-refractivity contribution in [2.45, 2.75) is 17.9 Å². The van der Waals surface area contributed by atoms with E-state index >= 15 is 0 Å². The second-order valence-corrected chi connectivity index (χ2v) is 9.10. The Labute approximate surface area is 170 Å². The summed E-state index contributed by atoms with van der Waals surface area (Å²) < 4.78 is 61.0. The zero-order chi connectivity index (χ0) is 20.4. The Morgan fingerprint density at radius 3 is 2.59 bits per heavy atom. The smallest absolute Gasteiger partial charge is 0.263 e. The van der Waals surface area contributed by atoms with Crippen LogP contribution < -0.4 is 9.46 Å². The van der Waals surface area contributed by atoms with Gasteiger partial charge in [-0.1, -0.05) is 6.07 Å². The number of aromatic nitrogens is 1. The van der Waals surface area contributed by atoms with E-state index < -0.39 is 21.7 Å². The standard InChI is InChI=1S/C19H17F2N3O3S2/c20-16-10-14(3-2-13(16)12-24-7-1-8-24)27-18-5-4-15(11-17(18)21)29(25,26)23-19-22-6-9-28-19/h2-6,9-11H,1,7-8,12H2,(H,22,23). The molecule has 2 heterocycles. The average Bonchev–Trinajstić information content (AvgIpc) is 3.13. The highest BCUT2D eigenvalue weighted by molar-refractivity contribution is 7.93. The van der Waals surface area contributed by atoms with Crippen molar-refractivity contribution in [3.05, 3.63) is 65.2 Å². The zero-order valence-electron chi connectivity index (χ0n) is 15.1. The van der Waals surface area contributed by atoms with Gasteiger partial charge >= 0.3 is 0 Å². The Balaban J connectivity index is 1.49. The van der Waals surface area contributed by atoms with Crippen LogP contribution in [0.15, 0.2) is 52.9 Å². The molecular formula is C19H17F2N3O3S2. The summed E-state index contributed by atoms with van der Waals surface area (Å²) in [7, 11) is -3.98. The molecule has 0 atom stereocenters. The van der Waals surface area contributed by atoms with Gasteiger partial charge in [-0.15, -0.1) is 11.3 Å². The molecule has 3 aromatic rings. The predicted octanol–water partition coefficient (Wildman–Crippen LogP) is 4.22. The van der Waals surface area contributed by atoms with Crippen LogP contribution in [0.2, 0.25) is 0 Å². The molecule has 0 aliphatic carbocycles. The Morgan fingerprint density at radius 2 is 1.97 bits per heavy atom. The highest BCUT2D eigenvalue weighted by Gasteiger charge is 2.19. The maximum Gasteiger partial charge on any atom is 0.263 e. The Hall–Kier alpha value is -2.56. The number of sulfonamides is 1. The summed E-state index contributed by atoms with van der Waals surface area (Å²) >= 11 is 1.11. The molecule has 1 fully saturated rings. The summed E-state index contributed by atoms with van der Waals surface area (Å²) in [6.07, 6.45) is 2.57. The number of nitrogens with one attached hydrogen (secondary N) is 1. The SMILES string of the molecule is O=S(=O)(Nc1nccs1)c1ccc(Oc2ccc(CN3CCC3)c(F)c2)c(F)c1. The van der Waals surface area contributed by atoms with E-state index in [4.69, 9.17) is 4.74 Å². The maximum atomic E-state index is 14.4. The van der Waals surface area contributed by atoms with Crippen molar-refractivity contribution in [2.75, 3.05) is 17.8 Å². The molecule has 0 amide bonds. The third-order valence-electron chi connectivity index (χ3n) is 4.46. The third kappa shape index (κ3) is 4.55. The molecule has 0 saturated carbocycles. The molecule has 1 aliphatic rings. The van der Waals surface area contributed by atoms with Crippen LogP contribution in [-0.4, -0.2) is 31.4 Å². The van der Waals surface area contributed by atoms with Gasteiger partial charge in [0.05, 0.1) is 4.90 Å². The van der Waals surface area contributed by atoms with Crippen LogP contribution in [0, 0.1) is 11.6 Å². The first kappa shape index (κ1) is 19.7. The molecule has 0 bridgehead atoms. The third-order valence-corrected chi connectivity index (χ3v) is 6.62. The molecule has 29 heavy (non-hydrogen) atoms. The molecule has 1 N–H and O–H groups in total. The summed E-state index contributed by atoms with van der Waals surface area (Å²) in [6, 6.07) is 7.62. The van der Waals surface area contributed by atoms with Gasteiger partial charge in [-0.2, -0.15) is 0 Å². The monoisotopic (exact) mass is 437 g/mol. The van der Waals surface area contributed by atoms with Crippen LogP contribution in [-0.2, 0) is 16.6 Å². The van der Waals surface area contributed by atoms with Crippen molar-refractivity contribution in [1.29, 1.82) is 0 Å². The van der Waals surface area contributed by atoms with Crippen molar-refractivity contribution in [3.8, 4) is 11.5 Å². The Morgan fingerprint density at radius 1 is 1.14 bits per heavy atom. The Kier molecular flexibility index (Phi) is 5.48. The molecule has 1 saturated heterocycles. The minimum Gasteiger partial charge on any atom is -0.454 e. The number of hydrogen-bond donors (Lipinski definition) is 1. The van der Waals surface area contributed by atoms with Crippen LogP contribution in [0.25, 0.3) is 0 Å². The molecule has 1 aromatic heterocycles. The summed E-state index contributed by atoms with van der Waals surface area (Å²) in [5.41, 5.74) is 0.548. The number of benzene rings is 2. The van der Waals surface area contributed by atoms with E-state index in [1.807, 2.05) is 0 Å². The number of halogens is 2. The lowest BCUT2D eigenvalue weighted by molar-refractivity contribution is 0.170. The number of thiazole rings is 1. The van der Waals surface area contributed by atoms with Crippen molar-refractivity contribution in [2.24, 2.45) is 0 Å². The van der Waals surface area contributed by atoms with E-state index in [1.54, 1.807) is 17.5 Å². The van der Waals surface area contributed by atoms with E-state index in [-0.39, 0.29) is 21.5 Å². The topological polar surface area (TPSA) is 71.5 Å². The molecule has 0 spiro atoms. The second-order valence-electron chi connectivity index (χ2n) is 6.52. The van der Waals surface area contributed by atoms with Crippen molar-refractivity contribution in [3.63, 3.8) is 0 Å². The molecule has 0 unspecified atom stereocenters. The maximum absolute atomic E-state index is 14.4. The van der Waals surface area contributed by atoms with Crippen LogP contribution in [0.4, 0.5) is 13.9 Å². The van der Waals surface area contributed by atoms with E-state index in [2.05, 4.69) is 14.6 Å². The fraction of sp³-hybridized carbons (Fsp3) is 0.211. The van der Waals surface area contributed by atoms with Crippen molar-refractivity contribution in [1.82, 2.24) is 9.88 Å². The molecule has 1 aliphatic heterocycles. The van der Waals surface area contributed by atoms with Gasteiger partial charge in [-0.05, 0) is 43.8 Å². The second kappa shape index (κ2) is 8.05. The van der Waals surface area contributed by atoms with Crippen LogP contribution in [0.1, 0.15) is 12.0 Å². The molecule has 4 rings (SSSR count). The molecule has 10 heteroatoms. The van der Waals surface area contributed by atoms with Gasteiger partial charge in [0, 0.05) is 29.8 Å². The van der Waals surface area contributed by atoms with E-state index in [1.165, 1.54) is 24.4 Å². The van der Waals surface area contributed by atoms with Gasteiger partial charge < -0.3 is 4.74 Å². The number of hydrogen-bond acceptors (Lipinski definition) is 6. The number of likely N-dealkylation sites (tertiary alicyclic amines) is 1. The van der Waals surface area contributed by atoms with Gasteiger partial charge in [0.15, 0.2) is 16.7 Å². The highest BCUT2D eigenvalue weighted by atomic mass is 32.2. The normalized spacial score (nSPS) is 14.4. The Bertz CT molecular complexity index is 1120. The fourth-order valence-electron chi connectivity index (χ4n) is 2.81. The number of ether oxygens (including phenoxy) is 1. The first-order valence-corrected chi connectivity index (χ1v) is 11.2. The molecule has 152 valence electrons. The first-order valence-electron chi connectivity index (χ1n) is 8.81. The summed E-state index contributed by atoms with van der Waals surface area (Å²) in [6.45, 7) is 2.43. The minimum atomic E-state index is -3.98. The summed E-state index contributed by atoms with van der Waals surface area (Å²) in [4.78, 5) is 5.69. The summed E-state index contributed by atoms with van der Waals surface area (Å²) in [5, 5.41) is 1.79. The van der Waals surface area contributed by atoms with E-state index in [0.29, 0.717) is 12.1 Å². The fourth-order valence-corrected chi connectivity index (χ4v) is 4.61. The molecule has 0 radical (unpaired) electrons. The van der Waals surface area contributed by atoms with Gasteiger partial charge in [0.1, 0.15) is 11.6 Å². The van der Waals surface area contributed by atoms with E-state index in [0.717, 1.165) is 36.9 Å². The van der Waals surface area contributed by atoms with Gasteiger partial charge in [0.2, 0.25) is 0 Å². The number of rotatable bonds is 7. The quantitative estimate of drug-likeness (QED) is 0.599. The minimum absolute atomic E-state index is 0.130. The zero-order valence-corrected chi connectivity index (χ0v) is 16.8. The molecule has 6 nitrogen and oxygen atoms in total. The van der Waals surface area contributed by atoms with Crippen molar-refractivity contribution >= 4 is 26.5 Å². The van der Waals surface area contributed by atoms with Gasteiger partial charge in [-0.3, -0.25) is 9.62 Å². The van der Waals surface area contributed by atoms with Crippen molar-refractivity contribution < 1.29 is 21.9 Å². The lowest BCUT2D eigenvalue weighted by atomic mass is 10.1. The van der Waals surface area contributed by atoms with Crippen LogP contribution in [0.3, 0.4) is 0 Å².